The minimum atomic E-state index is 0.616. The lowest BCUT2D eigenvalue weighted by Gasteiger charge is -2.13. The van der Waals surface area contributed by atoms with Gasteiger partial charge in [0.1, 0.15) is 0 Å². The van der Waals surface area contributed by atoms with Crippen LogP contribution in [0.15, 0.2) is 224 Å². The molecule has 0 saturated carbocycles. The lowest BCUT2D eigenvalue weighted by atomic mass is 9.99. The van der Waals surface area contributed by atoms with E-state index in [4.69, 9.17) is 15.0 Å². The second kappa shape index (κ2) is 14.7. The molecule has 0 fully saturated rings. The Labute approximate surface area is 358 Å². The van der Waals surface area contributed by atoms with E-state index in [9.17, 15) is 0 Å². The molecule has 0 amide bonds. The van der Waals surface area contributed by atoms with Gasteiger partial charge in [-0.2, -0.15) is 0 Å². The van der Waals surface area contributed by atoms with Gasteiger partial charge in [-0.05, 0) is 82.9 Å². The number of para-hydroxylation sites is 3. The number of hydrogen-bond acceptors (Lipinski definition) is 3. The Kier molecular flexibility index (Phi) is 8.42. The zero-order valence-corrected chi connectivity index (χ0v) is 33.6. The molecule has 0 bridgehead atoms. The van der Waals surface area contributed by atoms with E-state index >= 15 is 0 Å². The standard InChI is InChI=1S/C57H37N5/c1-4-17-38(18-5-1)45-25-10-11-28-48(45)57-59-55(39-19-6-2-7-20-39)58-56(60-57)42-21-16-24-44(35-42)62-52-30-15-13-27-47(52)50-37-41(32-34-54(50)62)40-31-33-53-49(36-40)46-26-12-14-29-51(46)61(53)43-22-8-3-9-23-43/h1-37H. The molecule has 5 nitrogen and oxygen atoms in total. The summed E-state index contributed by atoms with van der Waals surface area (Å²) in [4.78, 5) is 15.4. The maximum Gasteiger partial charge on any atom is 0.164 e. The van der Waals surface area contributed by atoms with Crippen molar-refractivity contribution in [3.8, 4) is 67.8 Å². The number of hydrogen-bond donors (Lipinski definition) is 0. The van der Waals surface area contributed by atoms with Crippen LogP contribution >= 0.6 is 0 Å². The molecule has 0 aliphatic heterocycles. The molecule has 0 radical (unpaired) electrons. The van der Waals surface area contributed by atoms with Crippen molar-refractivity contribution in [1.82, 2.24) is 24.1 Å². The summed E-state index contributed by atoms with van der Waals surface area (Å²) in [5, 5.41) is 4.87. The molecule has 0 N–H and O–H groups in total. The van der Waals surface area contributed by atoms with Gasteiger partial charge in [-0.1, -0.05) is 164 Å². The summed E-state index contributed by atoms with van der Waals surface area (Å²) in [6.07, 6.45) is 0. The molecule has 62 heavy (non-hydrogen) atoms. The van der Waals surface area contributed by atoms with Crippen molar-refractivity contribution in [3.05, 3.63) is 224 Å². The van der Waals surface area contributed by atoms with Gasteiger partial charge in [0, 0.05) is 49.6 Å². The van der Waals surface area contributed by atoms with Crippen LogP contribution in [0.4, 0.5) is 0 Å². The van der Waals surface area contributed by atoms with Crippen LogP contribution in [-0.4, -0.2) is 24.1 Å². The van der Waals surface area contributed by atoms with Gasteiger partial charge >= 0.3 is 0 Å². The summed E-state index contributed by atoms with van der Waals surface area (Å²) in [7, 11) is 0. The van der Waals surface area contributed by atoms with E-state index in [0.717, 1.165) is 50.2 Å². The Balaban J connectivity index is 0.991. The van der Waals surface area contributed by atoms with Crippen LogP contribution in [0.1, 0.15) is 0 Å². The Morgan fingerprint density at radius 1 is 0.242 bits per heavy atom. The van der Waals surface area contributed by atoms with Crippen molar-refractivity contribution >= 4 is 43.6 Å². The second-order valence-corrected chi connectivity index (χ2v) is 15.6. The van der Waals surface area contributed by atoms with Crippen LogP contribution < -0.4 is 0 Å². The summed E-state index contributed by atoms with van der Waals surface area (Å²) in [6, 6.07) is 79.3. The summed E-state index contributed by atoms with van der Waals surface area (Å²) >= 11 is 0. The van der Waals surface area contributed by atoms with Gasteiger partial charge in [0.05, 0.1) is 22.1 Å². The van der Waals surface area contributed by atoms with Gasteiger partial charge in [0.15, 0.2) is 17.5 Å². The van der Waals surface area contributed by atoms with Crippen LogP contribution in [0.2, 0.25) is 0 Å². The Bertz CT molecular complexity index is 3620. The van der Waals surface area contributed by atoms with E-state index in [2.05, 4.69) is 203 Å². The first kappa shape index (κ1) is 35.5. The first-order chi connectivity index (χ1) is 30.7. The molecule has 0 aliphatic rings. The van der Waals surface area contributed by atoms with Gasteiger partial charge < -0.3 is 9.13 Å². The number of fused-ring (bicyclic) bond motifs is 6. The number of rotatable bonds is 7. The highest BCUT2D eigenvalue weighted by Gasteiger charge is 2.19. The zero-order valence-electron chi connectivity index (χ0n) is 33.6. The quantitative estimate of drug-likeness (QED) is 0.162. The first-order valence-corrected chi connectivity index (χ1v) is 20.9. The van der Waals surface area contributed by atoms with E-state index in [-0.39, 0.29) is 0 Å². The summed E-state index contributed by atoms with van der Waals surface area (Å²) < 4.78 is 4.73. The van der Waals surface area contributed by atoms with Crippen LogP contribution in [-0.2, 0) is 0 Å². The van der Waals surface area contributed by atoms with Crippen LogP contribution in [0.5, 0.6) is 0 Å². The predicted molar refractivity (Wildman–Crippen MR) is 256 cm³/mol. The molecular formula is C57H37N5. The van der Waals surface area contributed by atoms with E-state index in [0.29, 0.717) is 17.5 Å². The molecule has 0 aliphatic carbocycles. The van der Waals surface area contributed by atoms with Crippen LogP contribution in [0.25, 0.3) is 111 Å². The van der Waals surface area contributed by atoms with Gasteiger partial charge in [-0.3, -0.25) is 0 Å². The fourth-order valence-electron chi connectivity index (χ4n) is 9.11. The first-order valence-electron chi connectivity index (χ1n) is 20.9. The Morgan fingerprint density at radius 2 is 0.677 bits per heavy atom. The van der Waals surface area contributed by atoms with E-state index in [1.54, 1.807) is 0 Å². The summed E-state index contributed by atoms with van der Waals surface area (Å²) in [6.45, 7) is 0. The minimum absolute atomic E-state index is 0.616. The Morgan fingerprint density at radius 3 is 1.31 bits per heavy atom. The highest BCUT2D eigenvalue weighted by Crippen LogP contribution is 2.39. The summed E-state index contributed by atoms with van der Waals surface area (Å²) in [5.74, 6) is 1.88. The maximum absolute atomic E-state index is 5.20. The lowest BCUT2D eigenvalue weighted by Crippen LogP contribution is -2.02. The monoisotopic (exact) mass is 791 g/mol. The molecule has 9 aromatic carbocycles. The third-order valence-corrected chi connectivity index (χ3v) is 12.0. The van der Waals surface area contributed by atoms with Crippen LogP contribution in [0.3, 0.4) is 0 Å². The minimum Gasteiger partial charge on any atom is -0.309 e. The molecule has 0 unspecified atom stereocenters. The van der Waals surface area contributed by atoms with Crippen molar-refractivity contribution in [1.29, 1.82) is 0 Å². The highest BCUT2D eigenvalue weighted by atomic mass is 15.0. The molecule has 0 atom stereocenters. The molecule has 3 heterocycles. The molecule has 290 valence electrons. The third-order valence-electron chi connectivity index (χ3n) is 12.0. The van der Waals surface area contributed by atoms with Crippen LogP contribution in [0, 0.1) is 0 Å². The third kappa shape index (κ3) is 5.98. The predicted octanol–water partition coefficient (Wildman–Crippen LogP) is 14.4. The Hall–Kier alpha value is -8.41. The average Bonchev–Trinajstić information content (AvgIpc) is 3.87. The number of benzene rings is 9. The van der Waals surface area contributed by atoms with Crippen molar-refractivity contribution in [2.45, 2.75) is 0 Å². The molecule has 0 spiro atoms. The number of nitrogens with zero attached hydrogens (tertiary/aromatic N) is 5. The molecule has 3 aromatic heterocycles. The fraction of sp³-hybridized carbons (Fsp3) is 0. The summed E-state index contributed by atoms with van der Waals surface area (Å²) in [5.41, 5.74) is 14.2. The van der Waals surface area contributed by atoms with E-state index in [1.807, 2.05) is 30.3 Å². The molecule has 12 aromatic rings. The van der Waals surface area contributed by atoms with Gasteiger partial charge in [0.2, 0.25) is 0 Å². The molecule has 5 heteroatoms. The van der Waals surface area contributed by atoms with E-state index < -0.39 is 0 Å². The van der Waals surface area contributed by atoms with E-state index in [1.165, 1.54) is 43.7 Å². The largest absolute Gasteiger partial charge is 0.309 e. The molecular weight excluding hydrogens is 755 g/mol. The SMILES string of the molecule is c1ccc(-c2nc(-c3cccc(-n4c5ccccc5c5cc(-c6ccc7c(c6)c6ccccc6n7-c6ccccc6)ccc54)c3)nc(-c3ccccc3-c3ccccc3)n2)cc1. The lowest BCUT2D eigenvalue weighted by molar-refractivity contribution is 1.07. The zero-order chi connectivity index (χ0) is 41.0. The average molecular weight is 792 g/mol. The normalized spacial score (nSPS) is 11.5. The van der Waals surface area contributed by atoms with Gasteiger partial charge in [-0.15, -0.1) is 0 Å². The van der Waals surface area contributed by atoms with Gasteiger partial charge in [0.25, 0.3) is 0 Å². The van der Waals surface area contributed by atoms with Crippen molar-refractivity contribution in [2.75, 3.05) is 0 Å². The van der Waals surface area contributed by atoms with Crippen molar-refractivity contribution in [2.24, 2.45) is 0 Å². The second-order valence-electron chi connectivity index (χ2n) is 15.6. The smallest absolute Gasteiger partial charge is 0.164 e. The van der Waals surface area contributed by atoms with Crippen molar-refractivity contribution < 1.29 is 0 Å². The molecule has 12 rings (SSSR count). The molecule has 0 saturated heterocycles. The van der Waals surface area contributed by atoms with Gasteiger partial charge in [-0.25, -0.2) is 15.0 Å². The fourth-order valence-corrected chi connectivity index (χ4v) is 9.11. The number of aromatic nitrogens is 5. The maximum atomic E-state index is 5.20. The topological polar surface area (TPSA) is 48.5 Å². The highest BCUT2D eigenvalue weighted by molar-refractivity contribution is 6.12. The van der Waals surface area contributed by atoms with Crippen molar-refractivity contribution in [3.63, 3.8) is 0 Å².